The number of anilines is 1. The maximum absolute atomic E-state index is 13.7. The molecule has 0 saturated carbocycles. The van der Waals surface area contributed by atoms with Gasteiger partial charge in [0.25, 0.3) is 5.91 Å². The third-order valence-corrected chi connectivity index (χ3v) is 3.01. The maximum Gasteiger partial charge on any atom is 0.254 e. The number of nitrogens with two attached hydrogens (primary N) is 1. The van der Waals surface area contributed by atoms with Crippen LogP contribution in [0.1, 0.15) is 30.6 Å². The van der Waals surface area contributed by atoms with E-state index in [9.17, 15) is 13.6 Å². The van der Waals surface area contributed by atoms with Crippen molar-refractivity contribution in [3.8, 4) is 0 Å². The monoisotopic (exact) mass is 299 g/mol. The Bertz CT molecular complexity index is 494. The molecule has 0 spiro atoms. The van der Waals surface area contributed by atoms with Crippen LogP contribution in [0.25, 0.3) is 0 Å². The molecular weight excluding hydrogens is 276 g/mol. The SMILES string of the molecule is CC(C)CC(CN(C)C)NC(=O)c1cc(N)c(F)cc1F. The van der Waals surface area contributed by atoms with Crippen LogP contribution < -0.4 is 11.1 Å². The van der Waals surface area contributed by atoms with E-state index in [1.807, 2.05) is 32.8 Å². The van der Waals surface area contributed by atoms with Crippen molar-refractivity contribution >= 4 is 11.6 Å². The summed E-state index contributed by atoms with van der Waals surface area (Å²) in [7, 11) is 3.80. The summed E-state index contributed by atoms with van der Waals surface area (Å²) in [6.07, 6.45) is 0.766. The van der Waals surface area contributed by atoms with Gasteiger partial charge in [-0.1, -0.05) is 13.8 Å². The fraction of sp³-hybridized carbons (Fsp3) is 0.533. The topological polar surface area (TPSA) is 58.4 Å². The van der Waals surface area contributed by atoms with Crippen LogP contribution in [0.2, 0.25) is 0 Å². The molecular formula is C15H23F2N3O. The molecule has 0 aromatic heterocycles. The third-order valence-electron chi connectivity index (χ3n) is 3.01. The number of benzene rings is 1. The Morgan fingerprint density at radius 2 is 1.90 bits per heavy atom. The summed E-state index contributed by atoms with van der Waals surface area (Å²) in [6.45, 7) is 4.73. The van der Waals surface area contributed by atoms with Gasteiger partial charge in [0.2, 0.25) is 0 Å². The highest BCUT2D eigenvalue weighted by Crippen LogP contribution is 2.17. The number of nitrogens with one attached hydrogen (secondary N) is 1. The Morgan fingerprint density at radius 3 is 2.43 bits per heavy atom. The van der Waals surface area contributed by atoms with Gasteiger partial charge >= 0.3 is 0 Å². The van der Waals surface area contributed by atoms with E-state index >= 15 is 0 Å². The van der Waals surface area contributed by atoms with Gasteiger partial charge in [0, 0.05) is 18.7 Å². The molecule has 0 aliphatic heterocycles. The second-order valence-electron chi connectivity index (χ2n) is 5.92. The molecule has 21 heavy (non-hydrogen) atoms. The number of hydrogen-bond donors (Lipinski definition) is 2. The summed E-state index contributed by atoms with van der Waals surface area (Å²) in [5.74, 6) is -1.96. The largest absolute Gasteiger partial charge is 0.396 e. The number of halogens is 2. The normalized spacial score (nSPS) is 12.8. The first-order valence-electron chi connectivity index (χ1n) is 6.90. The van der Waals surface area contributed by atoms with Gasteiger partial charge in [-0.25, -0.2) is 8.78 Å². The minimum absolute atomic E-state index is 0.113. The van der Waals surface area contributed by atoms with Crippen LogP contribution in [0.3, 0.4) is 0 Å². The quantitative estimate of drug-likeness (QED) is 0.792. The molecule has 3 N–H and O–H groups in total. The summed E-state index contributed by atoms with van der Waals surface area (Å²) in [5.41, 5.74) is 4.91. The predicted molar refractivity (Wildman–Crippen MR) is 80.0 cm³/mol. The highest BCUT2D eigenvalue weighted by Gasteiger charge is 2.19. The van der Waals surface area contributed by atoms with Gasteiger partial charge in [-0.15, -0.1) is 0 Å². The number of likely N-dealkylation sites (N-methyl/N-ethyl adjacent to an activating group) is 1. The minimum Gasteiger partial charge on any atom is -0.396 e. The molecule has 6 heteroatoms. The van der Waals surface area contributed by atoms with Gasteiger partial charge < -0.3 is 16.0 Å². The van der Waals surface area contributed by atoms with Crippen LogP contribution in [0, 0.1) is 17.6 Å². The first-order valence-corrected chi connectivity index (χ1v) is 6.90. The van der Waals surface area contributed by atoms with E-state index in [2.05, 4.69) is 5.32 Å². The lowest BCUT2D eigenvalue weighted by atomic mass is 10.0. The predicted octanol–water partition coefficient (Wildman–Crippen LogP) is 2.25. The standard InChI is InChI=1S/C15H23F2N3O/c1-9(2)5-10(8-20(3)4)19-15(21)11-6-14(18)13(17)7-12(11)16/h6-7,9-10H,5,8,18H2,1-4H3,(H,19,21). The van der Waals surface area contributed by atoms with E-state index in [4.69, 9.17) is 5.73 Å². The van der Waals surface area contributed by atoms with E-state index in [-0.39, 0.29) is 17.3 Å². The molecule has 0 fully saturated rings. The van der Waals surface area contributed by atoms with Gasteiger partial charge in [-0.3, -0.25) is 4.79 Å². The average Bonchev–Trinajstić information content (AvgIpc) is 2.31. The minimum atomic E-state index is -0.910. The molecule has 1 rings (SSSR count). The molecule has 1 unspecified atom stereocenters. The molecule has 1 atom stereocenters. The van der Waals surface area contributed by atoms with Gasteiger partial charge in [-0.05, 0) is 32.5 Å². The fourth-order valence-corrected chi connectivity index (χ4v) is 2.19. The number of hydrogen-bond acceptors (Lipinski definition) is 3. The van der Waals surface area contributed by atoms with Crippen LogP contribution in [0.5, 0.6) is 0 Å². The van der Waals surface area contributed by atoms with Crippen molar-refractivity contribution in [3.63, 3.8) is 0 Å². The summed E-state index contributed by atoms with van der Waals surface area (Å²) in [4.78, 5) is 14.1. The molecule has 0 radical (unpaired) electrons. The van der Waals surface area contributed by atoms with Crippen molar-refractivity contribution in [1.82, 2.24) is 10.2 Å². The Morgan fingerprint density at radius 1 is 1.29 bits per heavy atom. The smallest absolute Gasteiger partial charge is 0.254 e. The molecule has 1 aromatic rings. The highest BCUT2D eigenvalue weighted by atomic mass is 19.1. The van der Waals surface area contributed by atoms with Crippen LogP contribution >= 0.6 is 0 Å². The van der Waals surface area contributed by atoms with E-state index in [1.54, 1.807) is 0 Å². The lowest BCUT2D eigenvalue weighted by Gasteiger charge is -2.24. The van der Waals surface area contributed by atoms with Crippen molar-refractivity contribution in [1.29, 1.82) is 0 Å². The molecule has 118 valence electrons. The summed E-state index contributed by atoms with van der Waals surface area (Å²) in [6, 6.07) is 1.55. The van der Waals surface area contributed by atoms with Gasteiger partial charge in [0.1, 0.15) is 11.6 Å². The number of nitrogens with zero attached hydrogens (tertiary/aromatic N) is 1. The second kappa shape index (κ2) is 7.36. The fourth-order valence-electron chi connectivity index (χ4n) is 2.19. The average molecular weight is 299 g/mol. The molecule has 0 aliphatic rings. The van der Waals surface area contributed by atoms with Gasteiger partial charge in [0.05, 0.1) is 11.3 Å². The zero-order valence-corrected chi connectivity index (χ0v) is 12.9. The first kappa shape index (κ1) is 17.4. The maximum atomic E-state index is 13.7. The first-order chi connectivity index (χ1) is 9.70. The van der Waals surface area contributed by atoms with E-state index in [1.165, 1.54) is 0 Å². The molecule has 0 bridgehead atoms. The third kappa shape index (κ3) is 5.30. The van der Waals surface area contributed by atoms with Crippen molar-refractivity contribution in [3.05, 3.63) is 29.3 Å². The Hall–Kier alpha value is -1.69. The number of carbonyl (C=O) groups excluding carboxylic acids is 1. The molecule has 0 saturated heterocycles. The Balaban J connectivity index is 2.88. The lowest BCUT2D eigenvalue weighted by Crippen LogP contribution is -2.42. The number of rotatable bonds is 6. The van der Waals surface area contributed by atoms with Crippen molar-refractivity contribution in [2.75, 3.05) is 26.4 Å². The van der Waals surface area contributed by atoms with Crippen molar-refractivity contribution in [2.45, 2.75) is 26.3 Å². The number of nitrogen functional groups attached to an aromatic ring is 1. The highest BCUT2D eigenvalue weighted by molar-refractivity contribution is 5.95. The van der Waals surface area contributed by atoms with Crippen LogP contribution in [-0.2, 0) is 0 Å². The van der Waals surface area contributed by atoms with Crippen LogP contribution in [0.4, 0.5) is 14.5 Å². The molecule has 4 nitrogen and oxygen atoms in total. The van der Waals surface area contributed by atoms with Gasteiger partial charge in [0.15, 0.2) is 0 Å². The molecule has 0 aliphatic carbocycles. The summed E-state index contributed by atoms with van der Waals surface area (Å²) >= 11 is 0. The van der Waals surface area contributed by atoms with Crippen molar-refractivity contribution in [2.24, 2.45) is 5.92 Å². The van der Waals surface area contributed by atoms with E-state index in [0.29, 0.717) is 18.5 Å². The Kier molecular flexibility index (Phi) is 6.08. The van der Waals surface area contributed by atoms with Crippen LogP contribution in [0.15, 0.2) is 12.1 Å². The molecule has 1 aromatic carbocycles. The summed E-state index contributed by atoms with van der Waals surface area (Å²) < 4.78 is 26.8. The lowest BCUT2D eigenvalue weighted by molar-refractivity contribution is 0.0920. The molecule has 1 amide bonds. The molecule has 0 heterocycles. The summed E-state index contributed by atoms with van der Waals surface area (Å²) in [5, 5.41) is 2.78. The van der Waals surface area contributed by atoms with Crippen molar-refractivity contribution < 1.29 is 13.6 Å². The van der Waals surface area contributed by atoms with Crippen LogP contribution in [-0.4, -0.2) is 37.5 Å². The zero-order chi connectivity index (χ0) is 16.2. The second-order valence-corrected chi connectivity index (χ2v) is 5.92. The zero-order valence-electron chi connectivity index (χ0n) is 12.9. The number of amides is 1. The van der Waals surface area contributed by atoms with Gasteiger partial charge in [-0.2, -0.15) is 0 Å². The van der Waals surface area contributed by atoms with E-state index < -0.39 is 17.5 Å². The van der Waals surface area contributed by atoms with E-state index in [0.717, 1.165) is 12.5 Å². The Labute approximate surface area is 124 Å². The number of carbonyl (C=O) groups is 1.